The van der Waals surface area contributed by atoms with Crippen LogP contribution in [0.15, 0.2) is 54.1 Å². The zero-order chi connectivity index (χ0) is 19.6. The van der Waals surface area contributed by atoms with Crippen molar-refractivity contribution in [2.24, 2.45) is 5.92 Å². The molecule has 1 fully saturated rings. The zero-order valence-corrected chi connectivity index (χ0v) is 15.3. The van der Waals surface area contributed by atoms with Crippen molar-refractivity contribution in [2.45, 2.75) is 51.0 Å². The molecule has 1 aliphatic carbocycles. The number of carboxylic acids is 1. The number of carbonyl (C=O) groups excluding carboxylic acids is 2. The van der Waals surface area contributed by atoms with Gasteiger partial charge in [0.1, 0.15) is 5.78 Å². The van der Waals surface area contributed by atoms with E-state index in [-0.39, 0.29) is 37.2 Å². The number of carboxylic acid groups (broad SMARTS) is 1. The molecule has 0 unspecified atom stereocenters. The van der Waals surface area contributed by atoms with Gasteiger partial charge in [-0.3, -0.25) is 14.4 Å². The number of aliphatic carboxylic acids is 1. The van der Waals surface area contributed by atoms with E-state index in [4.69, 9.17) is 5.11 Å². The van der Waals surface area contributed by atoms with Crippen LogP contribution in [0.2, 0.25) is 0 Å². The summed E-state index contributed by atoms with van der Waals surface area (Å²) in [5, 5.41) is 18.8. The Morgan fingerprint density at radius 1 is 1.11 bits per heavy atom. The molecule has 1 aromatic rings. The van der Waals surface area contributed by atoms with Crippen LogP contribution < -0.4 is 0 Å². The number of carbonyl (C=O) groups is 3. The normalized spacial score (nSPS) is 21.2. The summed E-state index contributed by atoms with van der Waals surface area (Å²) < 4.78 is 0. The third-order valence-corrected chi connectivity index (χ3v) is 4.73. The second-order valence-electron chi connectivity index (χ2n) is 6.88. The van der Waals surface area contributed by atoms with Gasteiger partial charge in [-0.15, -0.1) is 0 Å². The lowest BCUT2D eigenvalue weighted by Gasteiger charge is -2.14. The number of hydrogen-bond donors (Lipinski definition) is 2. The van der Waals surface area contributed by atoms with Crippen LogP contribution in [0.4, 0.5) is 0 Å². The van der Waals surface area contributed by atoms with E-state index in [2.05, 4.69) is 0 Å². The number of benzene rings is 1. The van der Waals surface area contributed by atoms with Crippen LogP contribution in [0.25, 0.3) is 0 Å². The molecule has 5 nitrogen and oxygen atoms in total. The Morgan fingerprint density at radius 3 is 2.52 bits per heavy atom. The fourth-order valence-corrected chi connectivity index (χ4v) is 3.26. The SMILES string of the molecule is O=C(O)CCCCC(=O)C[C@@H]1C(=CC=CCc2ccccc2)C(=O)C[C@@H]1O. The smallest absolute Gasteiger partial charge is 0.303 e. The molecule has 0 saturated heterocycles. The summed E-state index contributed by atoms with van der Waals surface area (Å²) in [6.45, 7) is 0. The molecule has 1 saturated carbocycles. The summed E-state index contributed by atoms with van der Waals surface area (Å²) >= 11 is 0. The van der Waals surface area contributed by atoms with Crippen LogP contribution in [-0.4, -0.2) is 33.9 Å². The molecule has 2 N–H and O–H groups in total. The lowest BCUT2D eigenvalue weighted by atomic mass is 9.92. The molecule has 5 heteroatoms. The van der Waals surface area contributed by atoms with Gasteiger partial charge in [0.15, 0.2) is 5.78 Å². The second-order valence-corrected chi connectivity index (χ2v) is 6.88. The minimum atomic E-state index is -0.869. The van der Waals surface area contributed by atoms with Gasteiger partial charge in [-0.25, -0.2) is 0 Å². The van der Waals surface area contributed by atoms with Crippen molar-refractivity contribution in [3.8, 4) is 0 Å². The third kappa shape index (κ3) is 6.94. The van der Waals surface area contributed by atoms with Crippen molar-refractivity contribution in [2.75, 3.05) is 0 Å². The molecule has 0 spiro atoms. The van der Waals surface area contributed by atoms with E-state index in [1.54, 1.807) is 6.08 Å². The highest BCUT2D eigenvalue weighted by Gasteiger charge is 2.37. The van der Waals surface area contributed by atoms with E-state index in [1.165, 1.54) is 0 Å². The molecule has 144 valence electrons. The molecule has 0 heterocycles. The molecule has 0 aliphatic heterocycles. The minimum Gasteiger partial charge on any atom is -0.481 e. The van der Waals surface area contributed by atoms with Gasteiger partial charge in [0.05, 0.1) is 6.10 Å². The number of Topliss-reactive ketones (excluding diaryl/α,β-unsaturated/α-hetero) is 2. The predicted molar refractivity (Wildman–Crippen MR) is 102 cm³/mol. The lowest BCUT2D eigenvalue weighted by molar-refractivity contribution is -0.137. The summed E-state index contributed by atoms with van der Waals surface area (Å²) in [5.41, 5.74) is 1.67. The number of aliphatic hydroxyl groups excluding tert-OH is 1. The van der Waals surface area contributed by atoms with Crippen molar-refractivity contribution in [1.82, 2.24) is 0 Å². The molecule has 0 bridgehead atoms. The standard InChI is InChI=1S/C22H26O5/c23-17(11-5-7-13-22(26)27)14-19-18(20(24)15-21(19)25)12-6-4-10-16-8-2-1-3-9-16/h1-4,6,8-9,12,19,21,25H,5,7,10-11,13-15H2,(H,26,27)/t19-,21+/m1/s1. The van der Waals surface area contributed by atoms with E-state index in [0.29, 0.717) is 18.4 Å². The number of rotatable bonds is 10. The van der Waals surface area contributed by atoms with Gasteiger partial charge in [-0.2, -0.15) is 0 Å². The van der Waals surface area contributed by atoms with Gasteiger partial charge in [0.2, 0.25) is 0 Å². The highest BCUT2D eigenvalue weighted by Crippen LogP contribution is 2.32. The van der Waals surface area contributed by atoms with Crippen LogP contribution >= 0.6 is 0 Å². The first-order valence-electron chi connectivity index (χ1n) is 9.32. The summed E-state index contributed by atoms with van der Waals surface area (Å²) in [5.74, 6) is -1.49. The Hall–Kier alpha value is -2.53. The van der Waals surface area contributed by atoms with Gasteiger partial charge < -0.3 is 10.2 Å². The average Bonchev–Trinajstić information content (AvgIpc) is 2.89. The van der Waals surface area contributed by atoms with Gasteiger partial charge in [0, 0.05) is 37.2 Å². The quantitative estimate of drug-likeness (QED) is 0.487. The molecule has 2 atom stereocenters. The van der Waals surface area contributed by atoms with Gasteiger partial charge in [-0.05, 0) is 24.8 Å². The van der Waals surface area contributed by atoms with E-state index in [9.17, 15) is 19.5 Å². The number of allylic oxidation sites excluding steroid dienone is 3. The number of unbranched alkanes of at least 4 members (excludes halogenated alkanes) is 1. The van der Waals surface area contributed by atoms with E-state index >= 15 is 0 Å². The Bertz CT molecular complexity index is 717. The largest absolute Gasteiger partial charge is 0.481 e. The van der Waals surface area contributed by atoms with Crippen molar-refractivity contribution in [3.05, 3.63) is 59.7 Å². The molecule has 1 aliphatic rings. The van der Waals surface area contributed by atoms with E-state index in [1.807, 2.05) is 42.5 Å². The Labute approximate surface area is 159 Å². The highest BCUT2D eigenvalue weighted by atomic mass is 16.4. The van der Waals surface area contributed by atoms with Crippen LogP contribution in [0.1, 0.15) is 44.1 Å². The summed E-state index contributed by atoms with van der Waals surface area (Å²) in [7, 11) is 0. The molecule has 0 radical (unpaired) electrons. The minimum absolute atomic E-state index is 0.0432. The van der Waals surface area contributed by atoms with Crippen molar-refractivity contribution < 1.29 is 24.6 Å². The van der Waals surface area contributed by atoms with Gasteiger partial charge in [0.25, 0.3) is 0 Å². The van der Waals surface area contributed by atoms with Crippen molar-refractivity contribution in [1.29, 1.82) is 0 Å². The first kappa shape index (κ1) is 20.8. The van der Waals surface area contributed by atoms with Crippen molar-refractivity contribution in [3.63, 3.8) is 0 Å². The number of ketones is 2. The third-order valence-electron chi connectivity index (χ3n) is 4.73. The summed E-state index contributed by atoms with van der Waals surface area (Å²) in [6, 6.07) is 9.94. The first-order valence-corrected chi connectivity index (χ1v) is 9.32. The summed E-state index contributed by atoms with van der Waals surface area (Å²) in [4.78, 5) is 34.8. The van der Waals surface area contributed by atoms with E-state index < -0.39 is 18.0 Å². The van der Waals surface area contributed by atoms with Gasteiger partial charge >= 0.3 is 5.97 Å². The molecule has 0 aromatic heterocycles. The fraction of sp³-hybridized carbons (Fsp3) is 0.409. The number of hydrogen-bond acceptors (Lipinski definition) is 4. The summed E-state index contributed by atoms with van der Waals surface area (Å²) in [6.07, 6.45) is 6.86. The zero-order valence-electron chi connectivity index (χ0n) is 15.3. The predicted octanol–water partition coefficient (Wildman–Crippen LogP) is 3.27. The van der Waals surface area contributed by atoms with Crippen LogP contribution in [-0.2, 0) is 20.8 Å². The molecule has 0 amide bonds. The highest BCUT2D eigenvalue weighted by molar-refractivity contribution is 6.00. The Morgan fingerprint density at radius 2 is 1.81 bits per heavy atom. The Balaban J connectivity index is 1.90. The number of aliphatic hydroxyl groups is 1. The van der Waals surface area contributed by atoms with Crippen molar-refractivity contribution >= 4 is 17.5 Å². The maximum absolute atomic E-state index is 12.1. The molecule has 2 rings (SSSR count). The van der Waals surface area contributed by atoms with Gasteiger partial charge in [-0.1, -0.05) is 48.6 Å². The second kappa shape index (κ2) is 10.6. The fourth-order valence-electron chi connectivity index (χ4n) is 3.26. The van der Waals surface area contributed by atoms with E-state index in [0.717, 1.165) is 12.0 Å². The molecular weight excluding hydrogens is 344 g/mol. The van der Waals surface area contributed by atoms with Crippen LogP contribution in [0.3, 0.4) is 0 Å². The first-order chi connectivity index (χ1) is 13.0. The molecular formula is C22H26O5. The molecule has 27 heavy (non-hydrogen) atoms. The Kier molecular flexibility index (Phi) is 8.14. The van der Waals surface area contributed by atoms with Crippen LogP contribution in [0, 0.1) is 5.92 Å². The average molecular weight is 370 g/mol. The monoisotopic (exact) mass is 370 g/mol. The topological polar surface area (TPSA) is 91.7 Å². The maximum Gasteiger partial charge on any atom is 0.303 e. The van der Waals surface area contributed by atoms with Crippen LogP contribution in [0.5, 0.6) is 0 Å². The lowest BCUT2D eigenvalue weighted by Crippen LogP contribution is -2.18. The molecule has 1 aromatic carbocycles. The maximum atomic E-state index is 12.1.